The molecule has 0 atom stereocenters. The summed E-state index contributed by atoms with van der Waals surface area (Å²) in [5, 5.41) is 8.63. The van der Waals surface area contributed by atoms with Crippen LogP contribution in [0, 0.1) is 6.42 Å². The van der Waals surface area contributed by atoms with Crippen molar-refractivity contribution in [3.8, 4) is 5.75 Å². The molecule has 1 aliphatic carbocycles. The van der Waals surface area contributed by atoms with Crippen molar-refractivity contribution in [2.75, 3.05) is 0 Å². The maximum absolute atomic E-state index is 8.63. The third-order valence-electron chi connectivity index (χ3n) is 1.31. The molecule has 1 nitrogen and oxygen atoms in total. The molecule has 1 radical (unpaired) electrons. The van der Waals surface area contributed by atoms with Gasteiger partial charge in [-0.05, 0) is 12.1 Å². The summed E-state index contributed by atoms with van der Waals surface area (Å²) < 4.78 is 0. The van der Waals surface area contributed by atoms with E-state index in [1.807, 2.05) is 36.8 Å². The summed E-state index contributed by atoms with van der Waals surface area (Å²) >= 11 is -0.556. The van der Waals surface area contributed by atoms with Gasteiger partial charge in [-0.15, -0.1) is 0 Å². The standard InChI is InChI=1S/C6H6O.C5H5.2ClH.Ti/c7-6-4-2-1-3-5-6;1-2-4-5-3-1;;;/h1-5,7H;1-5H;2*1H;/q;;;;+2/p-2. The number of halogens is 2. The molecule has 1 N–H and O–H groups in total. The molecule has 1 aromatic carbocycles. The zero-order valence-electron chi connectivity index (χ0n) is 7.98. The predicted octanol–water partition coefficient (Wildman–Crippen LogP) is 4.09. The summed E-state index contributed by atoms with van der Waals surface area (Å²) in [6.07, 6.45) is 10.0. The van der Waals surface area contributed by atoms with E-state index in [2.05, 4.69) is 0 Å². The molecule has 0 saturated heterocycles. The molecule has 0 saturated carbocycles. The minimum absolute atomic E-state index is 0.322. The van der Waals surface area contributed by atoms with Crippen LogP contribution in [-0.2, 0) is 17.0 Å². The number of benzene rings is 1. The molecule has 1 aliphatic rings. The average molecular weight is 278 g/mol. The van der Waals surface area contributed by atoms with E-state index in [9.17, 15) is 0 Å². The van der Waals surface area contributed by atoms with Crippen LogP contribution in [-0.4, -0.2) is 5.11 Å². The number of allylic oxidation sites excluding steroid dienone is 4. The van der Waals surface area contributed by atoms with E-state index >= 15 is 0 Å². The van der Waals surface area contributed by atoms with E-state index in [1.165, 1.54) is 0 Å². The Balaban J connectivity index is 0.000000216. The first-order chi connectivity index (χ1) is 7.31. The number of hydrogen-bond donors (Lipinski definition) is 1. The first kappa shape index (κ1) is 14.8. The van der Waals surface area contributed by atoms with Crippen LogP contribution in [0.15, 0.2) is 54.6 Å². The number of phenols is 1. The van der Waals surface area contributed by atoms with Gasteiger partial charge in [-0.2, -0.15) is 0 Å². The normalized spacial score (nSPS) is 10.8. The molecule has 0 aromatic heterocycles. The van der Waals surface area contributed by atoms with Crippen LogP contribution < -0.4 is 0 Å². The van der Waals surface area contributed by atoms with Gasteiger partial charge in [-0.25, -0.2) is 0 Å². The monoisotopic (exact) mass is 277 g/mol. The number of rotatable bonds is 0. The summed E-state index contributed by atoms with van der Waals surface area (Å²) in [7, 11) is 9.78. The molecule has 0 aliphatic heterocycles. The molecular formula is C11H11Cl2OTi. The quantitative estimate of drug-likeness (QED) is 0.709. The molecule has 0 unspecified atom stereocenters. The Morgan fingerprint density at radius 2 is 1.33 bits per heavy atom. The summed E-state index contributed by atoms with van der Waals surface area (Å²) in [5.41, 5.74) is 0. The first-order valence-electron chi connectivity index (χ1n) is 4.18. The molecule has 1 aromatic rings. The van der Waals surface area contributed by atoms with E-state index in [0.29, 0.717) is 5.75 Å². The Hall–Kier alpha value is -0.206. The molecule has 0 fully saturated rings. The Kier molecular flexibility index (Phi) is 11.7. The third kappa shape index (κ3) is 11.7. The van der Waals surface area contributed by atoms with Gasteiger partial charge in [-0.3, -0.25) is 0 Å². The molecule has 0 heterocycles. The Morgan fingerprint density at radius 1 is 0.867 bits per heavy atom. The van der Waals surface area contributed by atoms with E-state index in [1.54, 1.807) is 24.3 Å². The summed E-state index contributed by atoms with van der Waals surface area (Å²) in [4.78, 5) is 0. The van der Waals surface area contributed by atoms with Gasteiger partial charge in [0.15, 0.2) is 0 Å². The second-order valence-electron chi connectivity index (χ2n) is 2.37. The Labute approximate surface area is 107 Å². The number of hydrogen-bond acceptors (Lipinski definition) is 1. The van der Waals surface area contributed by atoms with Crippen LogP contribution in [0.3, 0.4) is 0 Å². The van der Waals surface area contributed by atoms with Crippen molar-refractivity contribution in [2.24, 2.45) is 0 Å². The first-order valence-corrected chi connectivity index (χ1v) is 8.48. The second-order valence-corrected chi connectivity index (χ2v) is 4.95. The van der Waals surface area contributed by atoms with Gasteiger partial charge in [-0.1, -0.05) is 42.5 Å². The Bertz CT molecular complexity index is 276. The number of aromatic hydroxyl groups is 1. The van der Waals surface area contributed by atoms with Gasteiger partial charge in [0.1, 0.15) is 5.75 Å². The fourth-order valence-corrected chi connectivity index (χ4v) is 0.749. The molecule has 0 bridgehead atoms. The summed E-state index contributed by atoms with van der Waals surface area (Å²) in [6.45, 7) is 0. The molecule has 2 rings (SSSR count). The third-order valence-corrected chi connectivity index (χ3v) is 1.31. The van der Waals surface area contributed by atoms with Crippen LogP contribution >= 0.6 is 18.6 Å². The molecule has 15 heavy (non-hydrogen) atoms. The van der Waals surface area contributed by atoms with Crippen molar-refractivity contribution in [3.05, 3.63) is 61.1 Å². The molecule has 4 heteroatoms. The predicted molar refractivity (Wildman–Crippen MR) is 62.4 cm³/mol. The van der Waals surface area contributed by atoms with Crippen molar-refractivity contribution in [3.63, 3.8) is 0 Å². The van der Waals surface area contributed by atoms with Gasteiger partial charge in [0.2, 0.25) is 0 Å². The maximum atomic E-state index is 8.63. The van der Waals surface area contributed by atoms with Crippen LogP contribution in [0.2, 0.25) is 0 Å². The molecule has 79 valence electrons. The van der Waals surface area contributed by atoms with Gasteiger partial charge in [0.05, 0.1) is 0 Å². The molecule has 0 amide bonds. The fraction of sp³-hybridized carbons (Fsp3) is 0. The van der Waals surface area contributed by atoms with Gasteiger partial charge in [0, 0.05) is 6.42 Å². The van der Waals surface area contributed by atoms with Gasteiger partial charge >= 0.3 is 35.6 Å². The van der Waals surface area contributed by atoms with E-state index in [4.69, 9.17) is 23.7 Å². The van der Waals surface area contributed by atoms with Crippen molar-refractivity contribution in [1.29, 1.82) is 0 Å². The van der Waals surface area contributed by atoms with Crippen molar-refractivity contribution in [1.82, 2.24) is 0 Å². The van der Waals surface area contributed by atoms with Crippen LogP contribution in [0.1, 0.15) is 0 Å². The van der Waals surface area contributed by atoms with E-state index in [0.717, 1.165) is 0 Å². The average Bonchev–Trinajstić information content (AvgIpc) is 2.78. The topological polar surface area (TPSA) is 20.2 Å². The zero-order chi connectivity index (χ0) is 11.4. The molecule has 0 spiro atoms. The molecular weight excluding hydrogens is 267 g/mol. The van der Waals surface area contributed by atoms with Gasteiger partial charge < -0.3 is 5.11 Å². The van der Waals surface area contributed by atoms with Crippen molar-refractivity contribution < 1.29 is 22.1 Å². The fourth-order valence-electron chi connectivity index (χ4n) is 0.749. The van der Waals surface area contributed by atoms with Crippen molar-refractivity contribution in [2.45, 2.75) is 0 Å². The second kappa shape index (κ2) is 11.9. The Morgan fingerprint density at radius 3 is 1.53 bits per heavy atom. The number of para-hydroxylation sites is 1. The van der Waals surface area contributed by atoms with Crippen LogP contribution in [0.4, 0.5) is 0 Å². The number of phenolic OH excluding ortho intramolecular Hbond substituents is 1. The SMILES string of the molecule is Oc1ccccc1.[CH]1C=CC=C1.[Cl][Ti][Cl]. The summed E-state index contributed by atoms with van der Waals surface area (Å²) in [5.74, 6) is 0.322. The van der Waals surface area contributed by atoms with Crippen LogP contribution in [0.5, 0.6) is 5.75 Å². The van der Waals surface area contributed by atoms with E-state index < -0.39 is 17.0 Å². The summed E-state index contributed by atoms with van der Waals surface area (Å²) in [6, 6.07) is 8.71. The van der Waals surface area contributed by atoms with Crippen molar-refractivity contribution >= 4 is 18.6 Å². The van der Waals surface area contributed by atoms with Crippen LogP contribution in [0.25, 0.3) is 0 Å². The minimum atomic E-state index is -0.556. The zero-order valence-corrected chi connectivity index (χ0v) is 11.1. The van der Waals surface area contributed by atoms with E-state index in [-0.39, 0.29) is 0 Å². The van der Waals surface area contributed by atoms with Gasteiger partial charge in [0.25, 0.3) is 0 Å².